The quantitative estimate of drug-likeness (QED) is 0.846. The van der Waals surface area contributed by atoms with Crippen molar-refractivity contribution in [2.75, 3.05) is 18.5 Å². The van der Waals surface area contributed by atoms with Crippen LogP contribution >= 0.6 is 0 Å². The smallest absolute Gasteiger partial charge is 0.325 e. The van der Waals surface area contributed by atoms with Crippen molar-refractivity contribution >= 4 is 22.6 Å². The topological polar surface area (TPSA) is 75.0 Å². The van der Waals surface area contributed by atoms with Gasteiger partial charge in [0.15, 0.2) is 0 Å². The Morgan fingerprint density at radius 1 is 1.47 bits per heavy atom. The summed E-state index contributed by atoms with van der Waals surface area (Å²) in [6.45, 7) is 2.11. The van der Waals surface area contributed by atoms with Crippen LogP contribution in [-0.2, 0) is 9.53 Å². The first kappa shape index (κ1) is 12.8. The number of rotatable bonds is 4. The second-order valence-corrected chi connectivity index (χ2v) is 3.83. The third-order valence-corrected chi connectivity index (χ3v) is 2.61. The molecule has 0 saturated carbocycles. The summed E-state index contributed by atoms with van der Waals surface area (Å²) in [7, 11) is 0. The number of nitrogens with zero attached hydrogens (tertiary/aromatic N) is 2. The molecule has 0 saturated heterocycles. The van der Waals surface area contributed by atoms with Crippen LogP contribution in [0.5, 0.6) is 0 Å². The zero-order chi connectivity index (χ0) is 13.7. The van der Waals surface area contributed by atoms with Crippen molar-refractivity contribution in [2.45, 2.75) is 6.92 Å². The van der Waals surface area contributed by atoms with E-state index in [1.807, 2.05) is 24.3 Å². The lowest BCUT2D eigenvalue weighted by atomic mass is 10.1. The van der Waals surface area contributed by atoms with Gasteiger partial charge in [-0.25, -0.2) is 0 Å². The number of carbonyl (C=O) groups excluding carboxylic acids is 1. The Balaban J connectivity index is 2.34. The maximum Gasteiger partial charge on any atom is 0.325 e. The molecule has 2 rings (SSSR count). The Labute approximate surface area is 110 Å². The summed E-state index contributed by atoms with van der Waals surface area (Å²) in [6.07, 6.45) is 1.50. The van der Waals surface area contributed by atoms with Crippen molar-refractivity contribution in [1.29, 1.82) is 5.26 Å². The highest BCUT2D eigenvalue weighted by molar-refractivity contribution is 5.94. The second kappa shape index (κ2) is 5.83. The van der Waals surface area contributed by atoms with Crippen molar-refractivity contribution in [3.05, 3.63) is 36.0 Å². The molecule has 2 aromatic rings. The number of hydrogen-bond donors (Lipinski definition) is 1. The van der Waals surface area contributed by atoms with Gasteiger partial charge in [0, 0.05) is 11.6 Å². The number of nitrogens with one attached hydrogen (secondary N) is 1. The van der Waals surface area contributed by atoms with Gasteiger partial charge in [0.25, 0.3) is 0 Å². The number of ether oxygens (including phenoxy) is 1. The van der Waals surface area contributed by atoms with Crippen LogP contribution in [0.25, 0.3) is 10.9 Å². The lowest BCUT2D eigenvalue weighted by Gasteiger charge is -2.10. The Hall–Kier alpha value is -2.61. The molecule has 5 nitrogen and oxygen atoms in total. The molecule has 0 amide bonds. The molecule has 0 aliphatic rings. The molecule has 1 aromatic carbocycles. The third kappa shape index (κ3) is 2.80. The third-order valence-electron chi connectivity index (χ3n) is 2.61. The molecule has 96 valence electrons. The first-order valence-electron chi connectivity index (χ1n) is 5.93. The fourth-order valence-electron chi connectivity index (χ4n) is 1.79. The van der Waals surface area contributed by atoms with Crippen LogP contribution in [-0.4, -0.2) is 24.1 Å². The van der Waals surface area contributed by atoms with Gasteiger partial charge in [-0.1, -0.05) is 18.2 Å². The Bertz CT molecular complexity index is 647. The average molecular weight is 255 g/mol. The van der Waals surface area contributed by atoms with Crippen molar-refractivity contribution in [1.82, 2.24) is 4.98 Å². The van der Waals surface area contributed by atoms with Crippen LogP contribution in [0.1, 0.15) is 12.5 Å². The fourth-order valence-corrected chi connectivity index (χ4v) is 1.79. The van der Waals surface area contributed by atoms with E-state index in [4.69, 9.17) is 10.00 Å². The van der Waals surface area contributed by atoms with Crippen LogP contribution < -0.4 is 5.32 Å². The number of fused-ring (bicyclic) bond motifs is 1. The molecule has 1 heterocycles. The van der Waals surface area contributed by atoms with Gasteiger partial charge in [-0.05, 0) is 13.0 Å². The summed E-state index contributed by atoms with van der Waals surface area (Å²) < 4.78 is 4.85. The van der Waals surface area contributed by atoms with E-state index in [0.29, 0.717) is 17.9 Å². The van der Waals surface area contributed by atoms with Gasteiger partial charge in [0.1, 0.15) is 12.6 Å². The number of nitriles is 1. The molecule has 0 unspecified atom stereocenters. The molecule has 0 radical (unpaired) electrons. The summed E-state index contributed by atoms with van der Waals surface area (Å²) in [5.41, 5.74) is 1.79. The number of aromatic nitrogens is 1. The van der Waals surface area contributed by atoms with Gasteiger partial charge in [-0.15, -0.1) is 0 Å². The van der Waals surface area contributed by atoms with E-state index < -0.39 is 0 Å². The molecule has 0 aliphatic heterocycles. The van der Waals surface area contributed by atoms with E-state index in [0.717, 1.165) is 10.9 Å². The van der Waals surface area contributed by atoms with E-state index in [-0.39, 0.29) is 12.5 Å². The molecule has 0 bridgehead atoms. The van der Waals surface area contributed by atoms with Gasteiger partial charge in [-0.3, -0.25) is 9.78 Å². The van der Waals surface area contributed by atoms with E-state index in [1.165, 1.54) is 6.20 Å². The van der Waals surface area contributed by atoms with Gasteiger partial charge in [0.2, 0.25) is 0 Å². The lowest BCUT2D eigenvalue weighted by molar-refractivity contribution is -0.140. The van der Waals surface area contributed by atoms with Gasteiger partial charge in [-0.2, -0.15) is 5.26 Å². The standard InChI is InChI=1S/C14H13N3O2/c1-2-19-13(18)9-17-14-10(7-15)8-16-12-6-4-3-5-11(12)14/h3-6,8H,2,9H2,1H3,(H,16,17). The van der Waals surface area contributed by atoms with E-state index in [1.54, 1.807) is 6.92 Å². The molecule has 5 heteroatoms. The highest BCUT2D eigenvalue weighted by Gasteiger charge is 2.10. The molecular formula is C14H13N3O2. The predicted octanol–water partition coefficient (Wildman–Crippen LogP) is 2.08. The molecule has 0 atom stereocenters. The zero-order valence-corrected chi connectivity index (χ0v) is 10.5. The maximum atomic E-state index is 11.4. The van der Waals surface area contributed by atoms with Gasteiger partial charge < -0.3 is 10.1 Å². The Morgan fingerprint density at radius 3 is 3.00 bits per heavy atom. The predicted molar refractivity (Wildman–Crippen MR) is 71.6 cm³/mol. The maximum absolute atomic E-state index is 11.4. The van der Waals surface area contributed by atoms with E-state index in [9.17, 15) is 4.79 Å². The first-order chi connectivity index (χ1) is 9.26. The highest BCUT2D eigenvalue weighted by Crippen LogP contribution is 2.24. The number of para-hydroxylation sites is 1. The molecule has 1 N–H and O–H groups in total. The number of hydrogen-bond acceptors (Lipinski definition) is 5. The van der Waals surface area contributed by atoms with Crippen molar-refractivity contribution in [2.24, 2.45) is 0 Å². The average Bonchev–Trinajstić information content (AvgIpc) is 2.44. The van der Waals surface area contributed by atoms with Crippen molar-refractivity contribution in [3.8, 4) is 6.07 Å². The minimum Gasteiger partial charge on any atom is -0.465 e. The Morgan fingerprint density at radius 2 is 2.26 bits per heavy atom. The van der Waals surface area contributed by atoms with Crippen LogP contribution in [0, 0.1) is 11.3 Å². The van der Waals surface area contributed by atoms with Crippen molar-refractivity contribution < 1.29 is 9.53 Å². The highest BCUT2D eigenvalue weighted by atomic mass is 16.5. The molecule has 0 fully saturated rings. The molecule has 0 spiro atoms. The lowest BCUT2D eigenvalue weighted by Crippen LogP contribution is -2.17. The molecule has 1 aromatic heterocycles. The van der Waals surface area contributed by atoms with Crippen LogP contribution in [0.2, 0.25) is 0 Å². The van der Waals surface area contributed by atoms with Crippen LogP contribution in [0.4, 0.5) is 5.69 Å². The van der Waals surface area contributed by atoms with Crippen molar-refractivity contribution in [3.63, 3.8) is 0 Å². The summed E-state index contributed by atoms with van der Waals surface area (Å²) in [5.74, 6) is -0.354. The molecule has 0 aliphatic carbocycles. The number of benzene rings is 1. The number of anilines is 1. The Kier molecular flexibility index (Phi) is 3.94. The normalized spacial score (nSPS) is 9.89. The van der Waals surface area contributed by atoms with Crippen LogP contribution in [0.15, 0.2) is 30.5 Å². The fraction of sp³-hybridized carbons (Fsp3) is 0.214. The molecular weight excluding hydrogens is 242 g/mol. The minimum atomic E-state index is -0.354. The van der Waals surface area contributed by atoms with Crippen LogP contribution in [0.3, 0.4) is 0 Å². The first-order valence-corrected chi connectivity index (χ1v) is 5.93. The van der Waals surface area contributed by atoms with E-state index in [2.05, 4.69) is 16.4 Å². The van der Waals surface area contributed by atoms with Gasteiger partial charge >= 0.3 is 5.97 Å². The summed E-state index contributed by atoms with van der Waals surface area (Å²) in [5, 5.41) is 12.9. The summed E-state index contributed by atoms with van der Waals surface area (Å²) >= 11 is 0. The summed E-state index contributed by atoms with van der Waals surface area (Å²) in [6, 6.07) is 9.51. The second-order valence-electron chi connectivity index (χ2n) is 3.83. The summed E-state index contributed by atoms with van der Waals surface area (Å²) in [4.78, 5) is 15.6. The number of esters is 1. The number of carbonyl (C=O) groups is 1. The number of pyridine rings is 1. The SMILES string of the molecule is CCOC(=O)CNc1c(C#N)cnc2ccccc12. The monoisotopic (exact) mass is 255 g/mol. The zero-order valence-electron chi connectivity index (χ0n) is 10.5. The van der Waals surface area contributed by atoms with E-state index >= 15 is 0 Å². The van der Waals surface area contributed by atoms with Gasteiger partial charge in [0.05, 0.1) is 23.4 Å². The largest absolute Gasteiger partial charge is 0.465 e. The minimum absolute atomic E-state index is 0.0243. The molecule has 19 heavy (non-hydrogen) atoms.